The van der Waals surface area contributed by atoms with E-state index in [9.17, 15) is 0 Å². The van der Waals surface area contributed by atoms with Crippen molar-refractivity contribution in [1.29, 1.82) is 0 Å². The molecule has 0 aliphatic heterocycles. The topological polar surface area (TPSA) is 67.1 Å². The lowest BCUT2D eigenvalue weighted by Crippen LogP contribution is -2.26. The number of nitrogens with one attached hydrogen (secondary N) is 1. The molecule has 5 nitrogen and oxygen atoms in total. The van der Waals surface area contributed by atoms with E-state index in [0.29, 0.717) is 11.7 Å². The highest BCUT2D eigenvalue weighted by atomic mass is 15.3. The summed E-state index contributed by atoms with van der Waals surface area (Å²) in [5, 5.41) is 0. The van der Waals surface area contributed by atoms with Gasteiger partial charge in [0.25, 0.3) is 0 Å². The summed E-state index contributed by atoms with van der Waals surface area (Å²) in [7, 11) is 0. The Balaban J connectivity index is 3.26. The Labute approximate surface area is 97.0 Å². The molecule has 0 aromatic carbocycles. The lowest BCUT2D eigenvalue weighted by molar-refractivity contribution is 0.789. The molecule has 16 heavy (non-hydrogen) atoms. The summed E-state index contributed by atoms with van der Waals surface area (Å²) in [6.45, 7) is 10.3. The van der Waals surface area contributed by atoms with Gasteiger partial charge in [0.15, 0.2) is 0 Å². The van der Waals surface area contributed by atoms with Crippen LogP contribution in [-0.4, -0.2) is 23.1 Å². The summed E-state index contributed by atoms with van der Waals surface area (Å²) >= 11 is 0. The van der Waals surface area contributed by atoms with E-state index >= 15 is 0 Å². The van der Waals surface area contributed by atoms with Crippen molar-refractivity contribution in [2.24, 2.45) is 5.84 Å². The van der Waals surface area contributed by atoms with Crippen LogP contribution >= 0.6 is 0 Å². The molecule has 0 aliphatic rings. The largest absolute Gasteiger partial charge is 0.357 e. The molecule has 0 unspecified atom stereocenters. The molecule has 0 fully saturated rings. The van der Waals surface area contributed by atoms with Crippen molar-refractivity contribution < 1.29 is 0 Å². The molecule has 90 valence electrons. The summed E-state index contributed by atoms with van der Waals surface area (Å²) < 4.78 is 0. The first kappa shape index (κ1) is 12.7. The van der Waals surface area contributed by atoms with Crippen LogP contribution in [0.15, 0.2) is 6.33 Å². The Morgan fingerprint density at radius 1 is 1.31 bits per heavy atom. The molecule has 0 amide bonds. The monoisotopic (exact) mass is 223 g/mol. The number of hydrogen-bond donors (Lipinski definition) is 2. The average molecular weight is 223 g/mol. The van der Waals surface area contributed by atoms with Crippen molar-refractivity contribution in [3.8, 4) is 0 Å². The SMILES string of the molecule is CCN(CC)c1ncnc(NN)c1C(C)C. The van der Waals surface area contributed by atoms with Crippen LogP contribution in [0, 0.1) is 0 Å². The Morgan fingerprint density at radius 2 is 1.94 bits per heavy atom. The van der Waals surface area contributed by atoms with Gasteiger partial charge >= 0.3 is 0 Å². The van der Waals surface area contributed by atoms with E-state index in [1.807, 2.05) is 0 Å². The van der Waals surface area contributed by atoms with Crippen LogP contribution in [0.3, 0.4) is 0 Å². The lowest BCUT2D eigenvalue weighted by atomic mass is 10.0. The fraction of sp³-hybridized carbons (Fsp3) is 0.636. The molecule has 0 bridgehead atoms. The Bertz CT molecular complexity index is 333. The van der Waals surface area contributed by atoms with Gasteiger partial charge in [-0.2, -0.15) is 0 Å². The van der Waals surface area contributed by atoms with Crippen molar-refractivity contribution in [2.75, 3.05) is 23.4 Å². The molecular weight excluding hydrogens is 202 g/mol. The van der Waals surface area contributed by atoms with Gasteiger partial charge in [-0.25, -0.2) is 15.8 Å². The van der Waals surface area contributed by atoms with Gasteiger partial charge in [0.2, 0.25) is 0 Å². The molecule has 0 saturated heterocycles. The highest BCUT2D eigenvalue weighted by molar-refractivity contribution is 5.59. The van der Waals surface area contributed by atoms with Crippen molar-refractivity contribution in [3.63, 3.8) is 0 Å². The van der Waals surface area contributed by atoms with E-state index < -0.39 is 0 Å². The van der Waals surface area contributed by atoms with E-state index in [1.165, 1.54) is 0 Å². The highest BCUT2D eigenvalue weighted by Crippen LogP contribution is 2.29. The predicted molar refractivity (Wildman–Crippen MR) is 67.5 cm³/mol. The van der Waals surface area contributed by atoms with Gasteiger partial charge in [-0.05, 0) is 19.8 Å². The Kier molecular flexibility index (Phi) is 4.49. The van der Waals surface area contributed by atoms with Gasteiger partial charge in [-0.1, -0.05) is 13.8 Å². The van der Waals surface area contributed by atoms with Gasteiger partial charge < -0.3 is 10.3 Å². The van der Waals surface area contributed by atoms with Crippen LogP contribution < -0.4 is 16.2 Å². The molecule has 1 aromatic heterocycles. The van der Waals surface area contributed by atoms with Crippen LogP contribution in [0.2, 0.25) is 0 Å². The van der Waals surface area contributed by atoms with Crippen LogP contribution in [0.5, 0.6) is 0 Å². The zero-order valence-electron chi connectivity index (χ0n) is 10.5. The molecule has 1 heterocycles. The molecule has 1 aromatic rings. The van der Waals surface area contributed by atoms with Gasteiger partial charge in [0, 0.05) is 18.7 Å². The standard InChI is InChI=1S/C11H21N5/c1-5-16(6-2)11-9(8(3)4)10(15-12)13-7-14-11/h7-8H,5-6,12H2,1-4H3,(H,13,14,15). The fourth-order valence-electron chi connectivity index (χ4n) is 1.81. The van der Waals surface area contributed by atoms with Crippen LogP contribution in [0.25, 0.3) is 0 Å². The van der Waals surface area contributed by atoms with Crippen molar-refractivity contribution in [1.82, 2.24) is 9.97 Å². The normalized spacial score (nSPS) is 10.6. The number of nitrogens with zero attached hydrogens (tertiary/aromatic N) is 3. The summed E-state index contributed by atoms with van der Waals surface area (Å²) in [5.41, 5.74) is 3.72. The number of nitrogens with two attached hydrogens (primary N) is 1. The van der Waals surface area contributed by atoms with E-state index in [-0.39, 0.29) is 0 Å². The third kappa shape index (κ3) is 2.41. The minimum atomic E-state index is 0.336. The van der Waals surface area contributed by atoms with E-state index in [4.69, 9.17) is 5.84 Å². The molecule has 3 N–H and O–H groups in total. The Morgan fingerprint density at radius 3 is 2.38 bits per heavy atom. The van der Waals surface area contributed by atoms with Crippen LogP contribution in [0.1, 0.15) is 39.2 Å². The predicted octanol–water partition coefficient (Wildman–Crippen LogP) is 1.73. The molecular formula is C11H21N5. The van der Waals surface area contributed by atoms with Crippen molar-refractivity contribution >= 4 is 11.6 Å². The van der Waals surface area contributed by atoms with E-state index in [0.717, 1.165) is 24.5 Å². The maximum absolute atomic E-state index is 5.48. The summed E-state index contributed by atoms with van der Waals surface area (Å²) in [6.07, 6.45) is 1.55. The third-order valence-corrected chi connectivity index (χ3v) is 2.64. The molecule has 1 rings (SSSR count). The number of aromatic nitrogens is 2. The number of nitrogen functional groups attached to an aromatic ring is 1. The van der Waals surface area contributed by atoms with E-state index in [1.54, 1.807) is 6.33 Å². The first-order chi connectivity index (χ1) is 7.65. The number of anilines is 2. The summed E-state index contributed by atoms with van der Waals surface area (Å²) in [4.78, 5) is 10.7. The number of hydrazine groups is 1. The van der Waals surface area contributed by atoms with Crippen molar-refractivity contribution in [2.45, 2.75) is 33.6 Å². The molecule has 0 saturated carbocycles. The average Bonchev–Trinajstić information content (AvgIpc) is 2.30. The fourth-order valence-corrected chi connectivity index (χ4v) is 1.81. The van der Waals surface area contributed by atoms with Gasteiger partial charge in [0.1, 0.15) is 18.0 Å². The zero-order valence-corrected chi connectivity index (χ0v) is 10.5. The molecule has 5 heteroatoms. The van der Waals surface area contributed by atoms with Crippen LogP contribution in [-0.2, 0) is 0 Å². The molecule has 0 radical (unpaired) electrons. The first-order valence-electron chi connectivity index (χ1n) is 5.72. The second-order valence-electron chi connectivity index (χ2n) is 3.93. The minimum absolute atomic E-state index is 0.336. The smallest absolute Gasteiger partial charge is 0.148 e. The summed E-state index contributed by atoms with van der Waals surface area (Å²) in [6, 6.07) is 0. The number of hydrogen-bond acceptors (Lipinski definition) is 5. The van der Waals surface area contributed by atoms with Gasteiger partial charge in [-0.3, -0.25) is 0 Å². The third-order valence-electron chi connectivity index (χ3n) is 2.64. The second-order valence-corrected chi connectivity index (χ2v) is 3.93. The maximum atomic E-state index is 5.48. The Hall–Kier alpha value is -1.36. The van der Waals surface area contributed by atoms with Crippen LogP contribution in [0.4, 0.5) is 11.6 Å². The quantitative estimate of drug-likeness (QED) is 0.588. The summed E-state index contributed by atoms with van der Waals surface area (Å²) in [5.74, 6) is 7.51. The number of rotatable bonds is 5. The maximum Gasteiger partial charge on any atom is 0.148 e. The van der Waals surface area contributed by atoms with Crippen molar-refractivity contribution in [3.05, 3.63) is 11.9 Å². The van der Waals surface area contributed by atoms with Gasteiger partial charge in [0.05, 0.1) is 0 Å². The highest BCUT2D eigenvalue weighted by Gasteiger charge is 2.17. The molecule has 0 atom stereocenters. The van der Waals surface area contributed by atoms with E-state index in [2.05, 4.69) is 48.0 Å². The van der Waals surface area contributed by atoms with Gasteiger partial charge in [-0.15, -0.1) is 0 Å². The molecule has 0 spiro atoms. The zero-order chi connectivity index (χ0) is 12.1. The second kappa shape index (κ2) is 5.65. The first-order valence-corrected chi connectivity index (χ1v) is 5.72. The minimum Gasteiger partial charge on any atom is -0.357 e. The molecule has 0 aliphatic carbocycles. The lowest BCUT2D eigenvalue weighted by Gasteiger charge is -2.25.